The summed E-state index contributed by atoms with van der Waals surface area (Å²) >= 11 is 3.65. The number of rotatable bonds is 15. The second kappa shape index (κ2) is 15.5. The fourth-order valence-corrected chi connectivity index (χ4v) is 5.27. The molecule has 0 unspecified atom stereocenters. The minimum atomic E-state index is -1.47. The van der Waals surface area contributed by atoms with Crippen LogP contribution in [-0.4, -0.2) is 67.7 Å². The predicted molar refractivity (Wildman–Crippen MR) is 169 cm³/mol. The Morgan fingerprint density at radius 1 is 1.14 bits per heavy atom. The molecule has 0 aromatic heterocycles. The summed E-state index contributed by atoms with van der Waals surface area (Å²) in [4.78, 5) is 24.4. The Kier molecular flexibility index (Phi) is 11.5. The van der Waals surface area contributed by atoms with Gasteiger partial charge in [0.1, 0.15) is 5.75 Å². The predicted octanol–water partition coefficient (Wildman–Crippen LogP) is 5.22. The Balaban J connectivity index is 1.77. The lowest BCUT2D eigenvalue weighted by molar-refractivity contribution is -0.130. The Bertz CT molecular complexity index is 1460. The van der Waals surface area contributed by atoms with Gasteiger partial charge in [-0.3, -0.25) is 10.2 Å². The molecule has 0 radical (unpaired) electrons. The summed E-state index contributed by atoms with van der Waals surface area (Å²) in [6.07, 6.45) is 0.640. The number of ether oxygens (including phenoxy) is 2. The zero-order valence-corrected chi connectivity index (χ0v) is 25.8. The van der Waals surface area contributed by atoms with Gasteiger partial charge in [0.15, 0.2) is 11.6 Å². The van der Waals surface area contributed by atoms with E-state index in [1.54, 1.807) is 24.3 Å². The molecule has 0 fully saturated rings. The van der Waals surface area contributed by atoms with Crippen LogP contribution in [0, 0.1) is 0 Å². The van der Waals surface area contributed by atoms with Crippen molar-refractivity contribution in [3.8, 4) is 5.75 Å². The van der Waals surface area contributed by atoms with E-state index in [0.717, 1.165) is 23.0 Å². The van der Waals surface area contributed by atoms with Crippen LogP contribution in [0.1, 0.15) is 35.6 Å². The van der Waals surface area contributed by atoms with Crippen LogP contribution in [0.5, 0.6) is 5.75 Å². The van der Waals surface area contributed by atoms with Crippen LogP contribution in [0.25, 0.3) is 10.4 Å². The highest BCUT2D eigenvalue weighted by atomic mass is 79.9. The molecule has 3 N–H and O–H groups in total. The van der Waals surface area contributed by atoms with Gasteiger partial charge in [-0.25, -0.2) is 10.4 Å². The summed E-state index contributed by atoms with van der Waals surface area (Å²) in [5.74, 6) is 0.562. The fraction of sp³-hybridized carbons (Fsp3) is 0.355. The third-order valence-electron chi connectivity index (χ3n) is 6.93. The highest BCUT2D eigenvalue weighted by Gasteiger charge is 2.54. The Hall–Kier alpha value is -3.93. The number of benzene rings is 3. The molecule has 43 heavy (non-hydrogen) atoms. The third-order valence-corrected chi connectivity index (χ3v) is 7.65. The van der Waals surface area contributed by atoms with Gasteiger partial charge in [0, 0.05) is 52.2 Å². The first-order valence-corrected chi connectivity index (χ1v) is 14.8. The Labute approximate surface area is 259 Å². The number of amides is 1. The maximum Gasteiger partial charge on any atom is 0.266 e. The van der Waals surface area contributed by atoms with Gasteiger partial charge in [-0.1, -0.05) is 63.5 Å². The van der Waals surface area contributed by atoms with Crippen LogP contribution in [0.4, 0.5) is 5.69 Å². The second-order valence-corrected chi connectivity index (χ2v) is 11.2. The summed E-state index contributed by atoms with van der Waals surface area (Å²) in [7, 11) is 3.99. The van der Waals surface area contributed by atoms with Crippen molar-refractivity contribution in [3.05, 3.63) is 104 Å². The van der Waals surface area contributed by atoms with Crippen LogP contribution >= 0.6 is 15.9 Å². The van der Waals surface area contributed by atoms with Gasteiger partial charge >= 0.3 is 0 Å². The van der Waals surface area contributed by atoms with Crippen LogP contribution in [0.3, 0.4) is 0 Å². The van der Waals surface area contributed by atoms with E-state index in [9.17, 15) is 10.3 Å². The van der Waals surface area contributed by atoms with Gasteiger partial charge in [0.05, 0.1) is 6.61 Å². The molecule has 1 aliphatic heterocycles. The average molecular weight is 651 g/mol. The second-order valence-electron chi connectivity index (χ2n) is 10.3. The summed E-state index contributed by atoms with van der Waals surface area (Å²) in [6, 6.07) is 22.0. The summed E-state index contributed by atoms with van der Waals surface area (Å²) in [6.45, 7) is 1.87. The highest BCUT2D eigenvalue weighted by Crippen LogP contribution is 2.45. The van der Waals surface area contributed by atoms with Gasteiger partial charge in [-0.2, -0.15) is 0 Å². The molecule has 0 saturated carbocycles. The van der Waals surface area contributed by atoms with Gasteiger partial charge in [0.25, 0.3) is 5.91 Å². The number of nitrogens with zero attached hydrogens (tertiary/aromatic N) is 5. The number of halogens is 1. The summed E-state index contributed by atoms with van der Waals surface area (Å²) in [5, 5.41) is 12.9. The van der Waals surface area contributed by atoms with Crippen molar-refractivity contribution in [2.24, 2.45) is 10.1 Å². The van der Waals surface area contributed by atoms with Gasteiger partial charge in [-0.05, 0) is 68.5 Å². The van der Waals surface area contributed by atoms with Gasteiger partial charge < -0.3 is 19.5 Å². The van der Waals surface area contributed by atoms with Crippen LogP contribution < -0.4 is 15.6 Å². The van der Waals surface area contributed by atoms with E-state index in [4.69, 9.17) is 19.6 Å². The zero-order chi connectivity index (χ0) is 30.7. The molecule has 226 valence electrons. The van der Waals surface area contributed by atoms with E-state index in [-0.39, 0.29) is 18.9 Å². The molecule has 0 aliphatic carbocycles. The molecule has 1 aliphatic rings. The normalized spacial score (nSPS) is 17.6. The maximum absolute atomic E-state index is 14.3. The minimum absolute atomic E-state index is 0.0522. The number of aliphatic hydroxyl groups is 1. The van der Waals surface area contributed by atoms with E-state index in [1.807, 2.05) is 62.6 Å². The van der Waals surface area contributed by atoms with Crippen LogP contribution in [-0.2, 0) is 16.0 Å². The summed E-state index contributed by atoms with van der Waals surface area (Å²) < 4.78 is 13.0. The third kappa shape index (κ3) is 8.13. The lowest BCUT2D eigenvalue weighted by Gasteiger charge is -2.31. The number of aliphatic imine (C=N–C) groups is 1. The SMILES string of the molecule is CN(C)CCCNNC(=O)[C@@]1(Cc2ccccc2N=[N+]=[N-])N=C(c2ccc(OCCCO)cc2)O[C@H]1c1ccccc1Br. The Morgan fingerprint density at radius 3 is 2.60 bits per heavy atom. The fourth-order valence-electron chi connectivity index (χ4n) is 4.78. The number of carbonyl (C=O) groups is 1. The molecule has 11 nitrogen and oxygen atoms in total. The molecule has 2 atom stereocenters. The molecule has 0 saturated heterocycles. The summed E-state index contributed by atoms with van der Waals surface area (Å²) in [5.41, 5.74) is 16.2. The first-order valence-electron chi connectivity index (χ1n) is 14.0. The number of azide groups is 1. The molecular formula is C31H36BrN7O4. The first-order chi connectivity index (χ1) is 20.9. The smallest absolute Gasteiger partial charge is 0.266 e. The monoisotopic (exact) mass is 649 g/mol. The lowest BCUT2D eigenvalue weighted by Crippen LogP contribution is -2.54. The van der Waals surface area contributed by atoms with Crippen molar-refractivity contribution < 1.29 is 19.4 Å². The standard InChI is InChI=1S/C31H36BrN7O4/c1-39(2)18-7-17-34-37-30(41)31(21-23-9-3-6-12-27(23)36-38-33)28(25-10-4-5-11-26(25)32)43-29(35-31)22-13-15-24(16-14-22)42-20-8-19-40/h3-6,9-16,28,34,40H,7-8,17-21H2,1-2H3,(H,37,41)/t28-,31-/m0/s1. The number of carbonyl (C=O) groups excluding carboxylic acids is 1. The topological polar surface area (TPSA) is 144 Å². The average Bonchev–Trinajstić information content (AvgIpc) is 3.38. The molecule has 0 bridgehead atoms. The molecular weight excluding hydrogens is 614 g/mol. The van der Waals surface area contributed by atoms with Crippen molar-refractivity contribution in [2.75, 3.05) is 40.4 Å². The quantitative estimate of drug-likeness (QED) is 0.0676. The molecule has 0 spiro atoms. The molecule has 12 heteroatoms. The number of hydrogen-bond acceptors (Lipinski definition) is 8. The zero-order valence-electron chi connectivity index (χ0n) is 24.2. The van der Waals surface area contributed by atoms with E-state index in [0.29, 0.717) is 48.0 Å². The number of aliphatic hydroxyl groups excluding tert-OH is 1. The van der Waals surface area contributed by atoms with E-state index < -0.39 is 11.6 Å². The molecule has 4 rings (SSSR count). The van der Waals surface area contributed by atoms with E-state index in [2.05, 4.69) is 41.7 Å². The molecule has 3 aromatic rings. The van der Waals surface area contributed by atoms with Crippen LogP contribution in [0.2, 0.25) is 0 Å². The van der Waals surface area contributed by atoms with E-state index in [1.165, 1.54) is 0 Å². The van der Waals surface area contributed by atoms with Crippen LogP contribution in [0.15, 0.2) is 87.4 Å². The van der Waals surface area contributed by atoms with Crippen molar-refractivity contribution in [3.63, 3.8) is 0 Å². The molecule has 1 amide bonds. The minimum Gasteiger partial charge on any atom is -0.494 e. The number of hydrazine groups is 1. The van der Waals surface area contributed by atoms with Crippen molar-refractivity contribution in [1.29, 1.82) is 0 Å². The number of hydrogen-bond donors (Lipinski definition) is 3. The highest BCUT2D eigenvalue weighted by molar-refractivity contribution is 9.10. The molecule has 1 heterocycles. The molecule has 3 aromatic carbocycles. The van der Waals surface area contributed by atoms with Crippen molar-refractivity contribution >= 4 is 33.4 Å². The largest absolute Gasteiger partial charge is 0.494 e. The van der Waals surface area contributed by atoms with Crippen molar-refractivity contribution in [1.82, 2.24) is 15.8 Å². The van der Waals surface area contributed by atoms with Gasteiger partial charge in [0.2, 0.25) is 5.90 Å². The number of nitrogens with one attached hydrogen (secondary N) is 2. The van der Waals surface area contributed by atoms with E-state index >= 15 is 0 Å². The Morgan fingerprint density at radius 2 is 1.88 bits per heavy atom. The van der Waals surface area contributed by atoms with Crippen molar-refractivity contribution in [2.45, 2.75) is 30.9 Å². The van der Waals surface area contributed by atoms with Gasteiger partial charge in [-0.15, -0.1) is 0 Å². The maximum atomic E-state index is 14.3. The first kappa shape index (κ1) is 32.0. The lowest BCUT2D eigenvalue weighted by atomic mass is 9.81.